The fraction of sp³-hybridized carbons (Fsp3) is 0.182. The topological polar surface area (TPSA) is 48.4 Å². The molecule has 0 unspecified atom stereocenters. The molecule has 1 atom stereocenters. The van der Waals surface area contributed by atoms with Gasteiger partial charge in [0.25, 0.3) is 0 Å². The molecule has 0 saturated heterocycles. The Balaban J connectivity index is 1.70. The molecule has 2 aromatic carbocycles. The molecule has 0 spiro atoms. The summed E-state index contributed by atoms with van der Waals surface area (Å²) in [6.45, 7) is 3.89. The van der Waals surface area contributed by atoms with Gasteiger partial charge in [0.1, 0.15) is 5.75 Å². The van der Waals surface area contributed by atoms with Gasteiger partial charge in [0.15, 0.2) is 12.7 Å². The molecule has 0 N–H and O–H groups in total. The normalized spacial score (nSPS) is 11.6. The van der Waals surface area contributed by atoms with E-state index in [4.69, 9.17) is 9.47 Å². The van der Waals surface area contributed by atoms with Crippen molar-refractivity contribution in [2.45, 2.75) is 20.0 Å². The van der Waals surface area contributed by atoms with Gasteiger partial charge >= 0.3 is 5.97 Å². The largest absolute Gasteiger partial charge is 0.482 e. The van der Waals surface area contributed by atoms with Crippen molar-refractivity contribution >= 4 is 5.97 Å². The van der Waals surface area contributed by atoms with E-state index in [1.54, 1.807) is 6.20 Å². The standard InChI is InChI=1S/C22H21NO3/c1-16-11-12-19(14-17(16)2)25-15-21(24)26-22(18-8-4-3-5-9-18)20-10-6-7-13-23-20/h3-14,22H,15H2,1-2H3/t22-/m1/s1. The van der Waals surface area contributed by atoms with Gasteiger partial charge in [-0.3, -0.25) is 4.98 Å². The summed E-state index contributed by atoms with van der Waals surface area (Å²) in [5.41, 5.74) is 3.84. The van der Waals surface area contributed by atoms with Crippen molar-refractivity contribution in [1.82, 2.24) is 4.98 Å². The third-order valence-corrected chi connectivity index (χ3v) is 4.14. The molecule has 4 nitrogen and oxygen atoms in total. The molecule has 0 fully saturated rings. The summed E-state index contributed by atoms with van der Waals surface area (Å²) in [4.78, 5) is 16.7. The Bertz CT molecular complexity index is 824. The van der Waals surface area contributed by atoms with Crippen LogP contribution in [0.3, 0.4) is 0 Å². The third-order valence-electron chi connectivity index (χ3n) is 4.14. The van der Waals surface area contributed by atoms with Gasteiger partial charge in [-0.2, -0.15) is 0 Å². The first kappa shape index (κ1) is 17.7. The van der Waals surface area contributed by atoms with Crippen LogP contribution >= 0.6 is 0 Å². The average Bonchev–Trinajstić information content (AvgIpc) is 2.68. The van der Waals surface area contributed by atoms with Crippen LogP contribution < -0.4 is 4.74 Å². The minimum atomic E-state index is -0.562. The molecule has 3 rings (SSSR count). The van der Waals surface area contributed by atoms with Crippen molar-refractivity contribution < 1.29 is 14.3 Å². The van der Waals surface area contributed by atoms with E-state index in [2.05, 4.69) is 4.98 Å². The lowest BCUT2D eigenvalue weighted by atomic mass is 10.1. The quantitative estimate of drug-likeness (QED) is 0.620. The molecule has 0 bridgehead atoms. The Kier molecular flexibility index (Phi) is 5.64. The van der Waals surface area contributed by atoms with Crippen LogP contribution in [0.15, 0.2) is 72.9 Å². The molecular formula is C22H21NO3. The summed E-state index contributed by atoms with van der Waals surface area (Å²) in [7, 11) is 0. The first-order valence-electron chi connectivity index (χ1n) is 8.49. The fourth-order valence-corrected chi connectivity index (χ4v) is 2.57. The van der Waals surface area contributed by atoms with Crippen molar-refractivity contribution in [2.24, 2.45) is 0 Å². The van der Waals surface area contributed by atoms with Crippen molar-refractivity contribution in [1.29, 1.82) is 0 Å². The molecule has 4 heteroatoms. The number of rotatable bonds is 6. The van der Waals surface area contributed by atoms with E-state index in [9.17, 15) is 4.79 Å². The van der Waals surface area contributed by atoms with Crippen molar-refractivity contribution in [2.75, 3.05) is 6.61 Å². The van der Waals surface area contributed by atoms with Crippen LogP contribution in [-0.2, 0) is 9.53 Å². The number of esters is 1. The van der Waals surface area contributed by atoms with Crippen LogP contribution in [0.5, 0.6) is 5.75 Å². The predicted molar refractivity (Wildman–Crippen MR) is 100 cm³/mol. The van der Waals surface area contributed by atoms with E-state index in [1.165, 1.54) is 5.56 Å². The number of ether oxygens (including phenoxy) is 2. The summed E-state index contributed by atoms with van der Waals surface area (Å²) in [5, 5.41) is 0. The van der Waals surface area contributed by atoms with Crippen LogP contribution in [-0.4, -0.2) is 17.6 Å². The zero-order chi connectivity index (χ0) is 18.4. The molecule has 3 aromatic rings. The third kappa shape index (κ3) is 4.48. The van der Waals surface area contributed by atoms with Crippen molar-refractivity contribution in [3.05, 3.63) is 95.3 Å². The highest BCUT2D eigenvalue weighted by molar-refractivity contribution is 5.71. The molecule has 132 valence electrons. The van der Waals surface area contributed by atoms with Gasteiger partial charge in [0.05, 0.1) is 5.69 Å². The van der Waals surface area contributed by atoms with Crippen molar-refractivity contribution in [3.8, 4) is 5.75 Å². The number of hydrogen-bond acceptors (Lipinski definition) is 4. The molecular weight excluding hydrogens is 326 g/mol. The van der Waals surface area contributed by atoms with Crippen LogP contribution in [0.25, 0.3) is 0 Å². The lowest BCUT2D eigenvalue weighted by molar-refractivity contribution is -0.150. The van der Waals surface area contributed by atoms with E-state index in [0.29, 0.717) is 11.4 Å². The molecule has 1 heterocycles. The number of benzene rings is 2. The molecule has 0 aliphatic rings. The summed E-state index contributed by atoms with van der Waals surface area (Å²) in [6.07, 6.45) is 1.12. The Labute approximate surface area is 153 Å². The number of carbonyl (C=O) groups is 1. The van der Waals surface area contributed by atoms with E-state index < -0.39 is 12.1 Å². The summed E-state index contributed by atoms with van der Waals surface area (Å²) >= 11 is 0. The highest BCUT2D eigenvalue weighted by atomic mass is 16.6. The molecule has 0 amide bonds. The highest BCUT2D eigenvalue weighted by Crippen LogP contribution is 2.24. The first-order valence-corrected chi connectivity index (χ1v) is 8.49. The minimum Gasteiger partial charge on any atom is -0.482 e. The predicted octanol–water partition coefficient (Wildman–Crippen LogP) is 4.41. The van der Waals surface area contributed by atoms with Gasteiger partial charge in [-0.05, 0) is 54.8 Å². The molecule has 26 heavy (non-hydrogen) atoms. The maximum atomic E-state index is 12.4. The van der Waals surface area contributed by atoms with E-state index in [-0.39, 0.29) is 6.61 Å². The Morgan fingerprint density at radius 3 is 2.42 bits per heavy atom. The second-order valence-corrected chi connectivity index (χ2v) is 6.07. The lowest BCUT2D eigenvalue weighted by Crippen LogP contribution is -2.19. The van der Waals surface area contributed by atoms with Crippen LogP contribution in [0.4, 0.5) is 0 Å². The minimum absolute atomic E-state index is 0.154. The van der Waals surface area contributed by atoms with E-state index in [0.717, 1.165) is 11.1 Å². The average molecular weight is 347 g/mol. The highest BCUT2D eigenvalue weighted by Gasteiger charge is 2.20. The Hall–Kier alpha value is -3.14. The zero-order valence-electron chi connectivity index (χ0n) is 14.9. The number of aryl methyl sites for hydroxylation is 2. The van der Waals surface area contributed by atoms with E-state index >= 15 is 0 Å². The van der Waals surface area contributed by atoms with Gasteiger partial charge in [-0.1, -0.05) is 42.5 Å². The SMILES string of the molecule is Cc1ccc(OCC(=O)O[C@H](c2ccccc2)c2ccccn2)cc1C. The Morgan fingerprint density at radius 2 is 1.73 bits per heavy atom. The number of nitrogens with zero attached hydrogens (tertiary/aromatic N) is 1. The summed E-state index contributed by atoms with van der Waals surface area (Å²) < 4.78 is 11.3. The van der Waals surface area contributed by atoms with Gasteiger partial charge in [-0.25, -0.2) is 4.79 Å². The molecule has 0 aliphatic heterocycles. The maximum absolute atomic E-state index is 12.4. The van der Waals surface area contributed by atoms with Crippen LogP contribution in [0.1, 0.15) is 28.5 Å². The molecule has 0 radical (unpaired) electrons. The molecule has 0 saturated carbocycles. The zero-order valence-corrected chi connectivity index (χ0v) is 14.9. The number of aromatic nitrogens is 1. The monoisotopic (exact) mass is 347 g/mol. The fourth-order valence-electron chi connectivity index (χ4n) is 2.57. The Morgan fingerprint density at radius 1 is 0.962 bits per heavy atom. The maximum Gasteiger partial charge on any atom is 0.345 e. The number of hydrogen-bond donors (Lipinski definition) is 0. The van der Waals surface area contributed by atoms with Gasteiger partial charge in [0, 0.05) is 6.20 Å². The van der Waals surface area contributed by atoms with Gasteiger partial charge in [0.2, 0.25) is 0 Å². The molecule has 1 aromatic heterocycles. The number of carbonyl (C=O) groups excluding carboxylic acids is 1. The van der Waals surface area contributed by atoms with Gasteiger partial charge in [-0.15, -0.1) is 0 Å². The molecule has 0 aliphatic carbocycles. The smallest absolute Gasteiger partial charge is 0.345 e. The second-order valence-electron chi connectivity index (χ2n) is 6.07. The number of pyridine rings is 1. The summed E-state index contributed by atoms with van der Waals surface area (Å²) in [6, 6.07) is 20.8. The second kappa shape index (κ2) is 8.30. The van der Waals surface area contributed by atoms with Crippen molar-refractivity contribution in [3.63, 3.8) is 0 Å². The van der Waals surface area contributed by atoms with Gasteiger partial charge < -0.3 is 9.47 Å². The van der Waals surface area contributed by atoms with Crippen LogP contribution in [0, 0.1) is 13.8 Å². The lowest BCUT2D eigenvalue weighted by Gasteiger charge is -2.18. The van der Waals surface area contributed by atoms with Crippen LogP contribution in [0.2, 0.25) is 0 Å². The summed E-state index contributed by atoms with van der Waals surface area (Å²) in [5.74, 6) is 0.210. The first-order chi connectivity index (χ1) is 12.6. The van der Waals surface area contributed by atoms with E-state index in [1.807, 2.05) is 80.6 Å².